The van der Waals surface area contributed by atoms with Crippen LogP contribution in [0, 0.1) is 0 Å². The number of anilines is 1. The van der Waals surface area contributed by atoms with Gasteiger partial charge in [0.1, 0.15) is 18.6 Å². The van der Waals surface area contributed by atoms with Crippen LogP contribution in [0.3, 0.4) is 0 Å². The fourth-order valence-electron chi connectivity index (χ4n) is 1.21. The van der Waals surface area contributed by atoms with Gasteiger partial charge < -0.3 is 10.5 Å². The molecule has 0 aliphatic carbocycles. The first-order valence-corrected chi connectivity index (χ1v) is 5.48. The minimum atomic E-state index is 0.408. The number of hydrogen-bond donors (Lipinski definition) is 1. The zero-order valence-corrected chi connectivity index (χ0v) is 10.0. The zero-order chi connectivity index (χ0) is 11.4. The van der Waals surface area contributed by atoms with Gasteiger partial charge in [0.2, 0.25) is 5.88 Å². The molecule has 0 aliphatic heterocycles. The number of nitrogens with zero attached hydrogens (tertiary/aromatic N) is 2. The second-order valence-corrected chi connectivity index (χ2v) is 4.02. The number of benzene rings is 1. The Morgan fingerprint density at radius 1 is 1.31 bits per heavy atom. The van der Waals surface area contributed by atoms with Crippen LogP contribution in [0.4, 0.5) is 5.69 Å². The lowest BCUT2D eigenvalue weighted by molar-refractivity contribution is 0.294. The summed E-state index contributed by atoms with van der Waals surface area (Å²) in [6.45, 7) is 0.419. The normalized spacial score (nSPS) is 10.1. The van der Waals surface area contributed by atoms with Crippen molar-refractivity contribution >= 4 is 21.6 Å². The van der Waals surface area contributed by atoms with Crippen molar-refractivity contribution in [3.8, 4) is 5.88 Å². The molecule has 1 heterocycles. The molecule has 5 heteroatoms. The van der Waals surface area contributed by atoms with Crippen molar-refractivity contribution in [3.05, 3.63) is 46.8 Å². The molecule has 0 bridgehead atoms. The Bertz CT molecular complexity index is 445. The summed E-state index contributed by atoms with van der Waals surface area (Å²) in [7, 11) is 0. The third kappa shape index (κ3) is 2.49. The predicted molar refractivity (Wildman–Crippen MR) is 64.9 cm³/mol. The summed E-state index contributed by atoms with van der Waals surface area (Å²) in [4.78, 5) is 7.74. The molecular formula is C11H10BrN3O. The second kappa shape index (κ2) is 4.94. The molecule has 4 nitrogen and oxygen atoms in total. The molecule has 2 N–H and O–H groups in total. The van der Waals surface area contributed by atoms with Crippen molar-refractivity contribution in [2.45, 2.75) is 6.61 Å². The second-order valence-electron chi connectivity index (χ2n) is 3.16. The number of rotatable bonds is 3. The minimum Gasteiger partial charge on any atom is -0.471 e. The van der Waals surface area contributed by atoms with Gasteiger partial charge in [-0.05, 0) is 6.07 Å². The van der Waals surface area contributed by atoms with Crippen LogP contribution in [0.1, 0.15) is 5.56 Å². The SMILES string of the molecule is Nc1cncnc1OCc1ccccc1Br. The van der Waals surface area contributed by atoms with E-state index in [-0.39, 0.29) is 0 Å². The standard InChI is InChI=1S/C11H10BrN3O/c12-9-4-2-1-3-8(9)6-16-11-10(13)5-14-7-15-11/h1-5,7H,6,13H2. The van der Waals surface area contributed by atoms with Gasteiger partial charge in [-0.2, -0.15) is 4.98 Å². The Morgan fingerprint density at radius 2 is 2.12 bits per heavy atom. The lowest BCUT2D eigenvalue weighted by Crippen LogP contribution is -2.01. The molecule has 0 spiro atoms. The van der Waals surface area contributed by atoms with E-state index in [2.05, 4.69) is 25.9 Å². The van der Waals surface area contributed by atoms with E-state index in [9.17, 15) is 0 Å². The summed E-state index contributed by atoms with van der Waals surface area (Å²) in [5.74, 6) is 0.408. The molecule has 1 aromatic carbocycles. The Balaban J connectivity index is 2.09. The van der Waals surface area contributed by atoms with Gasteiger partial charge in [-0.1, -0.05) is 34.1 Å². The van der Waals surface area contributed by atoms with Crippen LogP contribution in [-0.2, 0) is 6.61 Å². The first kappa shape index (κ1) is 10.9. The van der Waals surface area contributed by atoms with E-state index in [0.717, 1.165) is 10.0 Å². The van der Waals surface area contributed by atoms with Gasteiger partial charge in [0.05, 0.1) is 6.20 Å². The van der Waals surface area contributed by atoms with E-state index in [1.54, 1.807) is 0 Å². The molecule has 0 aliphatic rings. The third-order valence-electron chi connectivity index (χ3n) is 2.02. The lowest BCUT2D eigenvalue weighted by Gasteiger charge is -2.07. The minimum absolute atomic E-state index is 0.408. The van der Waals surface area contributed by atoms with Gasteiger partial charge >= 0.3 is 0 Å². The molecule has 0 fully saturated rings. The van der Waals surface area contributed by atoms with Crippen LogP contribution in [0.2, 0.25) is 0 Å². The maximum atomic E-state index is 5.66. The Hall–Kier alpha value is -1.62. The highest BCUT2D eigenvalue weighted by molar-refractivity contribution is 9.10. The fourth-order valence-corrected chi connectivity index (χ4v) is 1.61. The summed E-state index contributed by atoms with van der Waals surface area (Å²) in [5.41, 5.74) is 7.14. The largest absolute Gasteiger partial charge is 0.471 e. The van der Waals surface area contributed by atoms with Crippen molar-refractivity contribution < 1.29 is 4.74 Å². The molecule has 82 valence electrons. The van der Waals surface area contributed by atoms with Crippen molar-refractivity contribution in [2.75, 3.05) is 5.73 Å². The molecule has 2 rings (SSSR count). The van der Waals surface area contributed by atoms with E-state index in [4.69, 9.17) is 10.5 Å². The summed E-state index contributed by atoms with van der Waals surface area (Å²) in [6, 6.07) is 7.84. The van der Waals surface area contributed by atoms with Gasteiger partial charge in [0, 0.05) is 10.0 Å². The highest BCUT2D eigenvalue weighted by atomic mass is 79.9. The van der Waals surface area contributed by atoms with Crippen LogP contribution in [0.25, 0.3) is 0 Å². The van der Waals surface area contributed by atoms with Crippen LogP contribution >= 0.6 is 15.9 Å². The number of nitrogen functional groups attached to an aromatic ring is 1. The smallest absolute Gasteiger partial charge is 0.240 e. The number of ether oxygens (including phenoxy) is 1. The van der Waals surface area contributed by atoms with E-state index in [1.165, 1.54) is 12.5 Å². The van der Waals surface area contributed by atoms with E-state index >= 15 is 0 Å². The molecular weight excluding hydrogens is 270 g/mol. The highest BCUT2D eigenvalue weighted by Crippen LogP contribution is 2.20. The van der Waals surface area contributed by atoms with Gasteiger partial charge in [-0.25, -0.2) is 4.98 Å². The zero-order valence-electron chi connectivity index (χ0n) is 8.43. The van der Waals surface area contributed by atoms with Gasteiger partial charge in [-0.3, -0.25) is 0 Å². The molecule has 0 unspecified atom stereocenters. The topological polar surface area (TPSA) is 61.0 Å². The predicted octanol–water partition coefficient (Wildman–Crippen LogP) is 2.40. The Morgan fingerprint density at radius 3 is 2.88 bits per heavy atom. The summed E-state index contributed by atoms with van der Waals surface area (Å²) in [5, 5.41) is 0. The molecule has 1 aromatic heterocycles. The van der Waals surface area contributed by atoms with Crippen molar-refractivity contribution in [2.24, 2.45) is 0 Å². The van der Waals surface area contributed by atoms with Crippen molar-refractivity contribution in [3.63, 3.8) is 0 Å². The molecule has 2 aromatic rings. The van der Waals surface area contributed by atoms with E-state index in [1.807, 2.05) is 24.3 Å². The van der Waals surface area contributed by atoms with Gasteiger partial charge in [0.15, 0.2) is 0 Å². The fraction of sp³-hybridized carbons (Fsp3) is 0.0909. The highest BCUT2D eigenvalue weighted by Gasteiger charge is 2.03. The number of halogens is 1. The maximum Gasteiger partial charge on any atom is 0.240 e. The number of nitrogens with two attached hydrogens (primary N) is 1. The Kier molecular flexibility index (Phi) is 3.36. The molecule has 0 amide bonds. The first-order valence-electron chi connectivity index (χ1n) is 4.69. The van der Waals surface area contributed by atoms with Crippen LogP contribution in [0.5, 0.6) is 5.88 Å². The summed E-state index contributed by atoms with van der Waals surface area (Å²) < 4.78 is 6.50. The molecule has 0 saturated carbocycles. The summed E-state index contributed by atoms with van der Waals surface area (Å²) >= 11 is 3.44. The third-order valence-corrected chi connectivity index (χ3v) is 2.80. The quantitative estimate of drug-likeness (QED) is 0.937. The van der Waals surface area contributed by atoms with Gasteiger partial charge in [0.25, 0.3) is 0 Å². The summed E-state index contributed by atoms with van der Waals surface area (Å²) in [6.07, 6.45) is 2.92. The molecule has 16 heavy (non-hydrogen) atoms. The number of aromatic nitrogens is 2. The van der Waals surface area contributed by atoms with E-state index in [0.29, 0.717) is 18.2 Å². The Labute approximate surface area is 102 Å². The molecule has 0 saturated heterocycles. The first-order chi connectivity index (χ1) is 7.77. The van der Waals surface area contributed by atoms with Crippen molar-refractivity contribution in [1.29, 1.82) is 0 Å². The monoisotopic (exact) mass is 279 g/mol. The average molecular weight is 280 g/mol. The van der Waals surface area contributed by atoms with Crippen LogP contribution in [0.15, 0.2) is 41.3 Å². The van der Waals surface area contributed by atoms with E-state index < -0.39 is 0 Å². The van der Waals surface area contributed by atoms with Gasteiger partial charge in [-0.15, -0.1) is 0 Å². The van der Waals surface area contributed by atoms with Crippen molar-refractivity contribution in [1.82, 2.24) is 9.97 Å². The number of hydrogen-bond acceptors (Lipinski definition) is 4. The maximum absolute atomic E-state index is 5.66. The lowest BCUT2D eigenvalue weighted by atomic mass is 10.2. The average Bonchev–Trinajstić information content (AvgIpc) is 2.30. The van der Waals surface area contributed by atoms with Crippen LogP contribution in [-0.4, -0.2) is 9.97 Å². The van der Waals surface area contributed by atoms with Crippen LogP contribution < -0.4 is 10.5 Å². The molecule has 0 atom stereocenters. The molecule has 0 radical (unpaired) electrons.